The van der Waals surface area contributed by atoms with Gasteiger partial charge in [0.15, 0.2) is 0 Å². The van der Waals surface area contributed by atoms with E-state index in [2.05, 4.69) is 41.4 Å². The van der Waals surface area contributed by atoms with Crippen LogP contribution in [0.25, 0.3) is 0 Å². The second-order valence-electron chi connectivity index (χ2n) is 7.64. The summed E-state index contributed by atoms with van der Waals surface area (Å²) in [6.45, 7) is 5.28. The zero-order valence-electron chi connectivity index (χ0n) is 15.4. The molecule has 2 atom stereocenters. The summed E-state index contributed by atoms with van der Waals surface area (Å²) in [7, 11) is 1.76. The fourth-order valence-electron chi connectivity index (χ4n) is 3.61. The number of nitrogens with one attached hydrogen (secondary N) is 1. The second-order valence-corrected chi connectivity index (χ2v) is 7.64. The van der Waals surface area contributed by atoms with Gasteiger partial charge in [-0.3, -0.25) is 4.90 Å². The Bertz CT molecular complexity index is 565. The normalized spacial score (nSPS) is 20.3. The summed E-state index contributed by atoms with van der Waals surface area (Å²) in [6.07, 6.45) is 4.23. The second kappa shape index (κ2) is 8.19. The number of aliphatic hydroxyl groups excluding tert-OH is 1. The van der Waals surface area contributed by atoms with E-state index in [1.807, 2.05) is 0 Å². The monoisotopic (exact) mass is 345 g/mol. The molecule has 2 unspecified atom stereocenters. The smallest absolute Gasteiger partial charge is 0.317 e. The van der Waals surface area contributed by atoms with E-state index in [0.717, 1.165) is 25.9 Å². The number of carbonyl (C=O) groups excluding carboxylic acids is 1. The van der Waals surface area contributed by atoms with Gasteiger partial charge in [-0.1, -0.05) is 29.8 Å². The minimum atomic E-state index is -0.387. The van der Waals surface area contributed by atoms with Crippen LogP contribution in [0.5, 0.6) is 0 Å². The first-order valence-electron chi connectivity index (χ1n) is 9.52. The molecular formula is C20H31N3O2. The third-order valence-corrected chi connectivity index (χ3v) is 5.46. The molecule has 1 aromatic carbocycles. The number of aliphatic hydroxyl groups is 1. The molecule has 2 fully saturated rings. The SMILES string of the molecule is Cc1ccc(C(CNC(=O)N(C)CC(O)C2CC2)N2CCCC2)cc1. The van der Waals surface area contributed by atoms with Gasteiger partial charge in [0.1, 0.15) is 0 Å². The van der Waals surface area contributed by atoms with E-state index in [0.29, 0.717) is 19.0 Å². The molecule has 1 aliphatic heterocycles. The van der Waals surface area contributed by atoms with Gasteiger partial charge in [0, 0.05) is 20.1 Å². The van der Waals surface area contributed by atoms with Crippen LogP contribution in [0.3, 0.4) is 0 Å². The van der Waals surface area contributed by atoms with Gasteiger partial charge in [-0.15, -0.1) is 0 Å². The fourth-order valence-corrected chi connectivity index (χ4v) is 3.61. The Morgan fingerprint density at radius 3 is 2.52 bits per heavy atom. The van der Waals surface area contributed by atoms with Crippen LogP contribution >= 0.6 is 0 Å². The van der Waals surface area contributed by atoms with Crippen molar-refractivity contribution in [3.63, 3.8) is 0 Å². The summed E-state index contributed by atoms with van der Waals surface area (Å²) in [4.78, 5) is 16.5. The number of carbonyl (C=O) groups is 1. The van der Waals surface area contributed by atoms with Crippen molar-refractivity contribution in [2.75, 3.05) is 33.2 Å². The molecule has 0 radical (unpaired) electrons. The third kappa shape index (κ3) is 4.95. The van der Waals surface area contributed by atoms with E-state index in [4.69, 9.17) is 0 Å². The van der Waals surface area contributed by atoms with E-state index in [1.54, 1.807) is 11.9 Å². The molecule has 0 aromatic heterocycles. The maximum absolute atomic E-state index is 12.4. The van der Waals surface area contributed by atoms with Crippen molar-refractivity contribution >= 4 is 6.03 Å². The highest BCUT2D eigenvalue weighted by Gasteiger charge is 2.31. The van der Waals surface area contributed by atoms with Crippen molar-refractivity contribution < 1.29 is 9.90 Å². The highest BCUT2D eigenvalue weighted by Crippen LogP contribution is 2.32. The first-order chi connectivity index (χ1) is 12.0. The molecule has 2 amide bonds. The predicted molar refractivity (Wildman–Crippen MR) is 99.5 cm³/mol. The number of rotatable bonds is 7. The summed E-state index contributed by atoms with van der Waals surface area (Å²) in [6, 6.07) is 8.73. The molecule has 1 heterocycles. The van der Waals surface area contributed by atoms with Crippen molar-refractivity contribution in [3.8, 4) is 0 Å². The van der Waals surface area contributed by atoms with Gasteiger partial charge in [0.05, 0.1) is 12.1 Å². The molecule has 2 N–H and O–H groups in total. The quantitative estimate of drug-likeness (QED) is 0.798. The molecule has 3 rings (SSSR count). The zero-order chi connectivity index (χ0) is 17.8. The maximum Gasteiger partial charge on any atom is 0.317 e. The number of amides is 2. The molecule has 5 heteroatoms. The van der Waals surface area contributed by atoms with Crippen molar-refractivity contribution in [3.05, 3.63) is 35.4 Å². The predicted octanol–water partition coefficient (Wildman–Crippen LogP) is 2.54. The van der Waals surface area contributed by atoms with Crippen LogP contribution < -0.4 is 5.32 Å². The Balaban J connectivity index is 1.57. The highest BCUT2D eigenvalue weighted by molar-refractivity contribution is 5.73. The Kier molecular flexibility index (Phi) is 5.97. The maximum atomic E-state index is 12.4. The van der Waals surface area contributed by atoms with E-state index in [1.165, 1.54) is 24.0 Å². The van der Waals surface area contributed by atoms with Gasteiger partial charge >= 0.3 is 6.03 Å². The zero-order valence-corrected chi connectivity index (χ0v) is 15.4. The first kappa shape index (κ1) is 18.2. The number of likely N-dealkylation sites (N-methyl/N-ethyl adjacent to an activating group) is 1. The van der Waals surface area contributed by atoms with Gasteiger partial charge in [-0.05, 0) is 57.2 Å². The lowest BCUT2D eigenvalue weighted by atomic mass is 10.0. The third-order valence-electron chi connectivity index (χ3n) is 5.46. The molecule has 1 aliphatic carbocycles. The van der Waals surface area contributed by atoms with E-state index in [9.17, 15) is 9.90 Å². The molecule has 0 spiro atoms. The van der Waals surface area contributed by atoms with Gasteiger partial charge in [-0.25, -0.2) is 4.79 Å². The fraction of sp³-hybridized carbons (Fsp3) is 0.650. The van der Waals surface area contributed by atoms with Gasteiger partial charge in [0.25, 0.3) is 0 Å². The summed E-state index contributed by atoms with van der Waals surface area (Å²) >= 11 is 0. The van der Waals surface area contributed by atoms with Gasteiger partial charge in [0.2, 0.25) is 0 Å². The van der Waals surface area contributed by atoms with Crippen LogP contribution in [0.1, 0.15) is 42.9 Å². The lowest BCUT2D eigenvalue weighted by Crippen LogP contribution is -2.45. The number of urea groups is 1. The molecule has 5 nitrogen and oxygen atoms in total. The van der Waals surface area contributed by atoms with Crippen molar-refractivity contribution in [1.29, 1.82) is 0 Å². The molecule has 1 saturated carbocycles. The minimum absolute atomic E-state index is 0.101. The number of hydrogen-bond acceptors (Lipinski definition) is 3. The van der Waals surface area contributed by atoms with Crippen LogP contribution in [0.4, 0.5) is 4.79 Å². The Hall–Kier alpha value is -1.59. The molecule has 0 bridgehead atoms. The summed E-state index contributed by atoms with van der Waals surface area (Å²) in [5.41, 5.74) is 2.51. The average molecular weight is 345 g/mol. The van der Waals surface area contributed by atoms with E-state index < -0.39 is 0 Å². The van der Waals surface area contributed by atoms with Gasteiger partial charge < -0.3 is 15.3 Å². The molecule has 2 aliphatic rings. The Morgan fingerprint density at radius 2 is 1.92 bits per heavy atom. The average Bonchev–Trinajstić information content (AvgIpc) is 3.32. The van der Waals surface area contributed by atoms with Crippen LogP contribution in [0.2, 0.25) is 0 Å². The van der Waals surface area contributed by atoms with Crippen LogP contribution in [-0.2, 0) is 0 Å². The van der Waals surface area contributed by atoms with Crippen LogP contribution in [0.15, 0.2) is 24.3 Å². The lowest BCUT2D eigenvalue weighted by Gasteiger charge is -2.29. The summed E-state index contributed by atoms with van der Waals surface area (Å²) in [5, 5.41) is 13.1. The number of aryl methyl sites for hydroxylation is 1. The molecule has 1 aromatic rings. The van der Waals surface area contributed by atoms with Crippen molar-refractivity contribution in [1.82, 2.24) is 15.1 Å². The van der Waals surface area contributed by atoms with Crippen LogP contribution in [0, 0.1) is 12.8 Å². The van der Waals surface area contributed by atoms with E-state index >= 15 is 0 Å². The largest absolute Gasteiger partial charge is 0.391 e. The first-order valence-corrected chi connectivity index (χ1v) is 9.52. The Labute approximate surface area is 151 Å². The van der Waals surface area contributed by atoms with Gasteiger partial charge in [-0.2, -0.15) is 0 Å². The van der Waals surface area contributed by atoms with Crippen molar-refractivity contribution in [2.24, 2.45) is 5.92 Å². The van der Waals surface area contributed by atoms with Crippen molar-refractivity contribution in [2.45, 2.75) is 44.8 Å². The number of nitrogens with zero attached hydrogens (tertiary/aromatic N) is 2. The van der Waals surface area contributed by atoms with E-state index in [-0.39, 0.29) is 18.2 Å². The molecule has 25 heavy (non-hydrogen) atoms. The van der Waals surface area contributed by atoms with Crippen LogP contribution in [-0.4, -0.2) is 60.3 Å². The standard InChI is InChI=1S/C20H31N3O2/c1-15-5-7-16(8-6-15)18(23-11-3-4-12-23)13-21-20(25)22(2)14-19(24)17-9-10-17/h5-8,17-19,24H,3-4,9-14H2,1-2H3,(H,21,25). The molecular weight excluding hydrogens is 314 g/mol. The Morgan fingerprint density at radius 1 is 1.28 bits per heavy atom. The summed E-state index contributed by atoms with van der Waals surface area (Å²) < 4.78 is 0. The topological polar surface area (TPSA) is 55.8 Å². The lowest BCUT2D eigenvalue weighted by molar-refractivity contribution is 0.112. The number of hydrogen-bond donors (Lipinski definition) is 2. The minimum Gasteiger partial charge on any atom is -0.391 e. The highest BCUT2D eigenvalue weighted by atomic mass is 16.3. The number of benzene rings is 1. The molecule has 138 valence electrons. The molecule has 1 saturated heterocycles. The summed E-state index contributed by atoms with van der Waals surface area (Å²) in [5.74, 6) is 0.389. The number of likely N-dealkylation sites (tertiary alicyclic amines) is 1.